The average molecular weight is 208 g/mol. The van der Waals surface area contributed by atoms with Crippen molar-refractivity contribution in [2.24, 2.45) is 10.8 Å². The first-order valence-corrected chi connectivity index (χ1v) is 5.50. The van der Waals surface area contributed by atoms with Crippen LogP contribution in [-0.2, 0) is 9.59 Å². The Morgan fingerprint density at radius 3 is 2.33 bits per heavy atom. The maximum absolute atomic E-state index is 12.1. The molecule has 0 aromatic carbocycles. The van der Waals surface area contributed by atoms with Crippen molar-refractivity contribution in [3.05, 3.63) is 12.2 Å². The van der Waals surface area contributed by atoms with Gasteiger partial charge in [-0.3, -0.25) is 9.59 Å². The van der Waals surface area contributed by atoms with E-state index in [2.05, 4.69) is 26.0 Å². The molecule has 0 aromatic heterocycles. The van der Waals surface area contributed by atoms with Crippen molar-refractivity contribution in [2.45, 2.75) is 47.0 Å². The molecule has 1 rings (SSSR count). The first-order chi connectivity index (χ1) is 6.79. The molecule has 0 N–H and O–H groups in total. The molecule has 0 spiro atoms. The minimum Gasteiger partial charge on any atom is -0.300 e. The van der Waals surface area contributed by atoms with Crippen LogP contribution in [0.2, 0.25) is 0 Å². The van der Waals surface area contributed by atoms with Crippen molar-refractivity contribution in [1.82, 2.24) is 0 Å². The van der Waals surface area contributed by atoms with E-state index >= 15 is 0 Å². The van der Waals surface area contributed by atoms with Crippen LogP contribution in [0.25, 0.3) is 0 Å². The molecule has 0 heterocycles. The largest absolute Gasteiger partial charge is 0.300 e. The summed E-state index contributed by atoms with van der Waals surface area (Å²) in [6.07, 6.45) is 6.09. The van der Waals surface area contributed by atoms with E-state index in [1.165, 1.54) is 6.92 Å². The monoisotopic (exact) mass is 208 g/mol. The fraction of sp³-hybridized carbons (Fsp3) is 0.692. The van der Waals surface area contributed by atoms with Gasteiger partial charge in [-0.05, 0) is 25.2 Å². The van der Waals surface area contributed by atoms with E-state index in [0.29, 0.717) is 0 Å². The maximum atomic E-state index is 12.1. The second-order valence-corrected chi connectivity index (χ2v) is 5.30. The molecule has 0 amide bonds. The Kier molecular flexibility index (Phi) is 3.17. The molecule has 1 atom stereocenters. The van der Waals surface area contributed by atoms with Crippen LogP contribution in [0.4, 0.5) is 0 Å². The van der Waals surface area contributed by atoms with Crippen LogP contribution in [-0.4, -0.2) is 11.6 Å². The third kappa shape index (κ3) is 2.19. The molecule has 84 valence electrons. The predicted octanol–water partition coefficient (Wildman–Crippen LogP) is 2.92. The Labute approximate surface area is 91.7 Å². The molecule has 15 heavy (non-hydrogen) atoms. The summed E-state index contributed by atoms with van der Waals surface area (Å²) in [4.78, 5) is 23.1. The molecule has 2 nitrogen and oxygen atoms in total. The molecule has 0 bridgehead atoms. The molecule has 0 saturated heterocycles. The third-order valence-corrected chi connectivity index (χ3v) is 3.79. The van der Waals surface area contributed by atoms with Gasteiger partial charge in [-0.25, -0.2) is 0 Å². The van der Waals surface area contributed by atoms with Crippen LogP contribution in [0, 0.1) is 10.8 Å². The second-order valence-electron chi connectivity index (χ2n) is 5.30. The molecular weight excluding hydrogens is 188 g/mol. The fourth-order valence-corrected chi connectivity index (χ4v) is 2.18. The normalized spacial score (nSPS) is 28.8. The summed E-state index contributed by atoms with van der Waals surface area (Å²) in [6, 6.07) is 0. The van der Waals surface area contributed by atoms with Gasteiger partial charge < -0.3 is 0 Å². The van der Waals surface area contributed by atoms with Gasteiger partial charge in [0, 0.05) is 5.41 Å². The Morgan fingerprint density at radius 2 is 1.87 bits per heavy atom. The lowest BCUT2D eigenvalue weighted by atomic mass is 9.59. The van der Waals surface area contributed by atoms with Gasteiger partial charge in [-0.2, -0.15) is 0 Å². The zero-order valence-electron chi connectivity index (χ0n) is 10.1. The van der Waals surface area contributed by atoms with E-state index < -0.39 is 0 Å². The van der Waals surface area contributed by atoms with E-state index in [9.17, 15) is 9.59 Å². The van der Waals surface area contributed by atoms with Crippen molar-refractivity contribution >= 4 is 11.6 Å². The molecule has 1 aliphatic carbocycles. The number of rotatable bonds is 3. The van der Waals surface area contributed by atoms with Gasteiger partial charge in [0.2, 0.25) is 0 Å². The van der Waals surface area contributed by atoms with Crippen molar-refractivity contribution in [2.75, 3.05) is 0 Å². The van der Waals surface area contributed by atoms with Crippen molar-refractivity contribution in [3.63, 3.8) is 0 Å². The van der Waals surface area contributed by atoms with Crippen molar-refractivity contribution in [1.29, 1.82) is 0 Å². The minimum absolute atomic E-state index is 0.0356. The molecule has 0 aliphatic heterocycles. The molecule has 0 fully saturated rings. The lowest BCUT2D eigenvalue weighted by molar-refractivity contribution is -0.136. The Balaban J connectivity index is 2.94. The number of allylic oxidation sites excluding steroid dienone is 2. The number of carbonyl (C=O) groups excluding carboxylic acids is 2. The van der Waals surface area contributed by atoms with Crippen LogP contribution in [0.3, 0.4) is 0 Å². The molecular formula is C13H20O2. The van der Waals surface area contributed by atoms with Crippen LogP contribution in [0.1, 0.15) is 47.0 Å². The van der Waals surface area contributed by atoms with Gasteiger partial charge in [0.25, 0.3) is 0 Å². The summed E-state index contributed by atoms with van der Waals surface area (Å²) < 4.78 is 0. The minimum atomic E-state index is -0.382. The zero-order chi connectivity index (χ0) is 11.7. The number of Topliss-reactive ketones (excluding diaryl/α,β-unsaturated/α-hetero) is 2. The molecule has 0 radical (unpaired) electrons. The summed E-state index contributed by atoms with van der Waals surface area (Å²) >= 11 is 0. The Bertz CT molecular complexity index is 312. The topological polar surface area (TPSA) is 34.1 Å². The second kappa shape index (κ2) is 3.92. The first-order valence-electron chi connectivity index (χ1n) is 5.50. The van der Waals surface area contributed by atoms with E-state index in [0.717, 1.165) is 12.8 Å². The van der Waals surface area contributed by atoms with Crippen LogP contribution < -0.4 is 0 Å². The number of carbonyl (C=O) groups is 2. The maximum Gasteiger partial charge on any atom is 0.146 e. The summed E-state index contributed by atoms with van der Waals surface area (Å²) in [6.45, 7) is 7.61. The number of hydrogen-bond donors (Lipinski definition) is 0. The quantitative estimate of drug-likeness (QED) is 0.528. The van der Waals surface area contributed by atoms with Gasteiger partial charge in [0.15, 0.2) is 0 Å². The molecule has 0 aromatic rings. The van der Waals surface area contributed by atoms with Gasteiger partial charge in [0.1, 0.15) is 11.6 Å². The highest BCUT2D eigenvalue weighted by atomic mass is 16.1. The summed E-state index contributed by atoms with van der Waals surface area (Å²) in [7, 11) is 0. The SMILES string of the molecule is CC(=O)CC(=O)C1(C)CCC=CC1(C)C. The van der Waals surface area contributed by atoms with Crippen LogP contribution >= 0.6 is 0 Å². The predicted molar refractivity (Wildman–Crippen MR) is 60.6 cm³/mol. The van der Waals surface area contributed by atoms with Gasteiger partial charge >= 0.3 is 0 Å². The van der Waals surface area contributed by atoms with E-state index in [-0.39, 0.29) is 28.8 Å². The van der Waals surface area contributed by atoms with E-state index in [1.807, 2.05) is 6.92 Å². The lowest BCUT2D eigenvalue weighted by Crippen LogP contribution is -2.43. The number of ketones is 2. The fourth-order valence-electron chi connectivity index (χ4n) is 2.18. The Morgan fingerprint density at radius 1 is 1.27 bits per heavy atom. The van der Waals surface area contributed by atoms with Gasteiger partial charge in [0.05, 0.1) is 6.42 Å². The molecule has 1 unspecified atom stereocenters. The first kappa shape index (κ1) is 12.2. The van der Waals surface area contributed by atoms with Gasteiger partial charge in [-0.1, -0.05) is 32.9 Å². The van der Waals surface area contributed by atoms with E-state index in [1.54, 1.807) is 0 Å². The zero-order valence-corrected chi connectivity index (χ0v) is 10.1. The van der Waals surface area contributed by atoms with Crippen LogP contribution in [0.5, 0.6) is 0 Å². The summed E-state index contributed by atoms with van der Waals surface area (Å²) in [5.41, 5.74) is -0.523. The molecule has 0 saturated carbocycles. The Hall–Kier alpha value is -0.920. The van der Waals surface area contributed by atoms with E-state index in [4.69, 9.17) is 0 Å². The highest BCUT2D eigenvalue weighted by molar-refractivity contribution is 6.01. The highest BCUT2D eigenvalue weighted by Crippen LogP contribution is 2.47. The van der Waals surface area contributed by atoms with Crippen molar-refractivity contribution in [3.8, 4) is 0 Å². The lowest BCUT2D eigenvalue weighted by Gasteiger charge is -2.43. The summed E-state index contributed by atoms with van der Waals surface area (Å²) in [5.74, 6) is 0.0518. The molecule has 1 aliphatic rings. The highest BCUT2D eigenvalue weighted by Gasteiger charge is 2.45. The van der Waals surface area contributed by atoms with Crippen molar-refractivity contribution < 1.29 is 9.59 Å². The number of hydrogen-bond acceptors (Lipinski definition) is 2. The smallest absolute Gasteiger partial charge is 0.146 e. The average Bonchev–Trinajstić information content (AvgIpc) is 2.09. The third-order valence-electron chi connectivity index (χ3n) is 3.79. The van der Waals surface area contributed by atoms with Gasteiger partial charge in [-0.15, -0.1) is 0 Å². The standard InChI is InChI=1S/C13H20O2/c1-10(14)9-11(15)13(4)8-6-5-7-12(13,2)3/h5,7H,6,8-9H2,1-4H3. The van der Waals surface area contributed by atoms with Crippen LogP contribution in [0.15, 0.2) is 12.2 Å². The molecule has 2 heteroatoms. The summed E-state index contributed by atoms with van der Waals surface area (Å²) in [5, 5.41) is 0.